The van der Waals surface area contributed by atoms with Crippen molar-refractivity contribution in [2.24, 2.45) is 0 Å². The lowest BCUT2D eigenvalue weighted by Crippen LogP contribution is -2.15. The number of benzene rings is 8. The Morgan fingerprint density at radius 1 is 0.538 bits per heavy atom. The molecule has 10 rings (SSSR count). The molecule has 0 bridgehead atoms. The van der Waals surface area contributed by atoms with Gasteiger partial charge in [-0.25, -0.2) is 0 Å². The summed E-state index contributed by atoms with van der Waals surface area (Å²) in [5.74, 6) is 0. The molecule has 9 aromatic rings. The van der Waals surface area contributed by atoms with E-state index in [0.717, 1.165) is 16.7 Å². The van der Waals surface area contributed by atoms with E-state index in [9.17, 15) is 0 Å². The largest absolute Gasteiger partial charge is 0.135 e. The summed E-state index contributed by atoms with van der Waals surface area (Å²) in [4.78, 5) is 0. The third kappa shape index (κ3) is 4.39. The van der Waals surface area contributed by atoms with E-state index in [0.29, 0.717) is 0 Å². The van der Waals surface area contributed by atoms with Gasteiger partial charge in [-0.05, 0) is 100 Å². The summed E-state index contributed by atoms with van der Waals surface area (Å²) in [7, 11) is 0. The minimum atomic E-state index is -0.133. The topological polar surface area (TPSA) is 0 Å². The fourth-order valence-electron chi connectivity index (χ4n) is 8.93. The molecule has 1 heterocycles. The zero-order chi connectivity index (χ0) is 35.1. The lowest BCUT2D eigenvalue weighted by molar-refractivity contribution is 0.667. The van der Waals surface area contributed by atoms with Gasteiger partial charge in [0, 0.05) is 25.6 Å². The Hall–Kier alpha value is -6.02. The van der Waals surface area contributed by atoms with Crippen LogP contribution in [0.4, 0.5) is 0 Å². The highest BCUT2D eigenvalue weighted by Crippen LogP contribution is 2.57. The zero-order valence-electron chi connectivity index (χ0n) is 29.3. The molecule has 8 aromatic carbocycles. The van der Waals surface area contributed by atoms with Gasteiger partial charge in [0.05, 0.1) is 0 Å². The van der Waals surface area contributed by atoms with Gasteiger partial charge in [0.25, 0.3) is 0 Å². The maximum Gasteiger partial charge on any atom is 0.0408 e. The molecule has 0 aliphatic heterocycles. The molecule has 0 amide bonds. The van der Waals surface area contributed by atoms with Crippen LogP contribution in [-0.2, 0) is 5.41 Å². The van der Waals surface area contributed by atoms with Crippen LogP contribution in [0.25, 0.3) is 85.9 Å². The van der Waals surface area contributed by atoms with Crippen molar-refractivity contribution in [1.82, 2.24) is 0 Å². The predicted molar refractivity (Wildman–Crippen MR) is 228 cm³/mol. The normalized spacial score (nSPS) is 13.4. The molecule has 0 unspecified atom stereocenters. The number of thiophene rings is 1. The van der Waals surface area contributed by atoms with Crippen molar-refractivity contribution in [1.29, 1.82) is 0 Å². The van der Waals surface area contributed by atoms with Crippen LogP contribution in [0.1, 0.15) is 36.1 Å². The molecular formula is C51H36S. The van der Waals surface area contributed by atoms with E-state index in [2.05, 4.69) is 185 Å². The Morgan fingerprint density at radius 3 is 1.75 bits per heavy atom. The second-order valence-corrected chi connectivity index (χ2v) is 15.6. The highest BCUT2D eigenvalue weighted by Gasteiger charge is 2.39. The van der Waals surface area contributed by atoms with E-state index >= 15 is 0 Å². The van der Waals surface area contributed by atoms with Crippen LogP contribution in [0, 0.1) is 0 Å². The van der Waals surface area contributed by atoms with Crippen LogP contribution >= 0.6 is 11.3 Å². The summed E-state index contributed by atoms with van der Waals surface area (Å²) in [6, 6.07) is 53.0. The maximum absolute atomic E-state index is 4.65. The molecule has 0 nitrogen and oxygen atoms in total. The van der Waals surface area contributed by atoms with E-state index in [-0.39, 0.29) is 5.41 Å². The van der Waals surface area contributed by atoms with Crippen LogP contribution < -0.4 is 0 Å². The van der Waals surface area contributed by atoms with E-state index < -0.39 is 0 Å². The van der Waals surface area contributed by atoms with Crippen molar-refractivity contribution in [3.63, 3.8) is 0 Å². The second kappa shape index (κ2) is 11.5. The Kier molecular flexibility index (Phi) is 6.81. The van der Waals surface area contributed by atoms with Crippen molar-refractivity contribution in [3.05, 3.63) is 193 Å². The van der Waals surface area contributed by atoms with Gasteiger partial charge in [-0.15, -0.1) is 11.3 Å². The standard InChI is InChI=1S/C51H36S/c1-31(26-27-32(2)45-35-18-8-10-20-37(35)46(33-16-6-5-7-17-33)38-21-11-9-19-36(38)45)34-28-29-43-42(30-34)47-39-22-12-13-23-40(39)48-41-24-14-15-25-44(41)52-50(48)49(47)51(43,3)4/h5-30H,1-2H2,3-4H3/b27-26-. The molecule has 1 aliphatic carbocycles. The number of rotatable bonds is 5. The summed E-state index contributed by atoms with van der Waals surface area (Å²) in [6.45, 7) is 14.0. The van der Waals surface area contributed by atoms with Gasteiger partial charge >= 0.3 is 0 Å². The smallest absolute Gasteiger partial charge is 0.0408 e. The molecule has 0 spiro atoms. The monoisotopic (exact) mass is 680 g/mol. The second-order valence-electron chi connectivity index (χ2n) is 14.6. The van der Waals surface area contributed by atoms with Gasteiger partial charge in [-0.1, -0.05) is 173 Å². The van der Waals surface area contributed by atoms with Crippen LogP contribution in [0.3, 0.4) is 0 Å². The molecule has 0 saturated heterocycles. The number of allylic oxidation sites excluding steroid dienone is 4. The lowest BCUT2D eigenvalue weighted by Gasteiger charge is -2.23. The number of hydrogen-bond donors (Lipinski definition) is 0. The molecule has 0 atom stereocenters. The minimum Gasteiger partial charge on any atom is -0.135 e. The maximum atomic E-state index is 4.65. The average molecular weight is 681 g/mol. The summed E-state index contributed by atoms with van der Waals surface area (Å²) in [5, 5.41) is 10.3. The third-order valence-electron chi connectivity index (χ3n) is 11.3. The minimum absolute atomic E-state index is 0.133. The SMILES string of the molecule is C=C(/C=C\C(=C)c1c2ccccc2c(-c2ccccc2)c2ccccc12)c1ccc2c(c1)-c1c(c3sc4ccccc4c3c3ccccc13)C2(C)C. The summed E-state index contributed by atoms with van der Waals surface area (Å²) < 4.78 is 2.75. The number of fused-ring (bicyclic) bond motifs is 12. The zero-order valence-corrected chi connectivity index (χ0v) is 30.2. The highest BCUT2D eigenvalue weighted by atomic mass is 32.1. The Morgan fingerprint density at radius 2 is 1.08 bits per heavy atom. The quantitative estimate of drug-likeness (QED) is 0.125. The average Bonchev–Trinajstić information content (AvgIpc) is 3.68. The molecule has 0 fully saturated rings. The lowest BCUT2D eigenvalue weighted by atomic mass is 9.81. The van der Waals surface area contributed by atoms with Crippen molar-refractivity contribution >= 4 is 75.0 Å². The van der Waals surface area contributed by atoms with Gasteiger partial charge in [-0.2, -0.15) is 0 Å². The molecule has 0 N–H and O–H groups in total. The Balaban J connectivity index is 1.09. The van der Waals surface area contributed by atoms with Gasteiger partial charge in [0.2, 0.25) is 0 Å². The van der Waals surface area contributed by atoms with Gasteiger partial charge < -0.3 is 0 Å². The van der Waals surface area contributed by atoms with E-state index in [1.54, 1.807) is 0 Å². The van der Waals surface area contributed by atoms with E-state index in [4.69, 9.17) is 0 Å². The van der Waals surface area contributed by atoms with Gasteiger partial charge in [0.15, 0.2) is 0 Å². The highest BCUT2D eigenvalue weighted by molar-refractivity contribution is 7.26. The molecule has 1 heteroatoms. The summed E-state index contributed by atoms with van der Waals surface area (Å²) >= 11 is 1.94. The van der Waals surface area contributed by atoms with Crippen LogP contribution in [0.5, 0.6) is 0 Å². The van der Waals surface area contributed by atoms with Crippen LogP contribution in [-0.4, -0.2) is 0 Å². The molecule has 0 radical (unpaired) electrons. The van der Waals surface area contributed by atoms with Crippen LogP contribution in [0.2, 0.25) is 0 Å². The first-order valence-corrected chi connectivity index (χ1v) is 18.8. The van der Waals surface area contributed by atoms with Crippen molar-refractivity contribution < 1.29 is 0 Å². The third-order valence-corrected chi connectivity index (χ3v) is 12.5. The Labute approximate surface area is 308 Å². The fourth-order valence-corrected chi connectivity index (χ4v) is 10.4. The molecule has 246 valence electrons. The molecule has 1 aliphatic rings. The number of hydrogen-bond acceptors (Lipinski definition) is 1. The van der Waals surface area contributed by atoms with Crippen LogP contribution in [0.15, 0.2) is 171 Å². The van der Waals surface area contributed by atoms with Crippen molar-refractivity contribution in [3.8, 4) is 22.3 Å². The summed E-state index contributed by atoms with van der Waals surface area (Å²) in [6.07, 6.45) is 4.30. The fraction of sp³-hybridized carbons (Fsp3) is 0.0588. The van der Waals surface area contributed by atoms with E-state index in [1.165, 1.54) is 91.4 Å². The first-order chi connectivity index (χ1) is 25.4. The van der Waals surface area contributed by atoms with Crippen molar-refractivity contribution in [2.75, 3.05) is 0 Å². The van der Waals surface area contributed by atoms with Gasteiger partial charge in [0.1, 0.15) is 0 Å². The molecule has 1 aromatic heterocycles. The Bertz CT molecular complexity index is 2950. The van der Waals surface area contributed by atoms with Crippen molar-refractivity contribution in [2.45, 2.75) is 19.3 Å². The van der Waals surface area contributed by atoms with Gasteiger partial charge in [-0.3, -0.25) is 0 Å². The molecular weight excluding hydrogens is 645 g/mol. The predicted octanol–water partition coefficient (Wildman–Crippen LogP) is 14.8. The molecule has 0 saturated carbocycles. The summed E-state index contributed by atoms with van der Waals surface area (Å²) in [5.41, 5.74) is 12.1. The first kappa shape index (κ1) is 30.8. The first-order valence-electron chi connectivity index (χ1n) is 18.0. The molecule has 52 heavy (non-hydrogen) atoms. The van der Waals surface area contributed by atoms with E-state index in [1.807, 2.05) is 11.3 Å².